The third-order valence-corrected chi connectivity index (χ3v) is 2.90. The van der Waals surface area contributed by atoms with E-state index < -0.39 is 4.92 Å². The van der Waals surface area contributed by atoms with Crippen LogP contribution in [0.2, 0.25) is 10.0 Å². The van der Waals surface area contributed by atoms with Crippen molar-refractivity contribution < 1.29 is 4.92 Å². The van der Waals surface area contributed by atoms with E-state index in [9.17, 15) is 10.1 Å². The van der Waals surface area contributed by atoms with Crippen LogP contribution in [0.15, 0.2) is 23.4 Å². The molecular formula is C11H9Cl2N5O2. The number of aryl methyl sites for hydroxylation is 1. The smallest absolute Gasteiger partial charge is 0.296 e. The molecule has 104 valence electrons. The van der Waals surface area contributed by atoms with Gasteiger partial charge in [0, 0.05) is 5.02 Å². The lowest BCUT2D eigenvalue weighted by atomic mass is 10.2. The van der Waals surface area contributed by atoms with Gasteiger partial charge in [-0.05, 0) is 19.1 Å². The Morgan fingerprint density at radius 1 is 1.50 bits per heavy atom. The topological polar surface area (TPSA) is 99.3 Å². The van der Waals surface area contributed by atoms with Crippen molar-refractivity contribution in [3.63, 3.8) is 0 Å². The number of nitrogens with two attached hydrogens (primary N) is 1. The van der Waals surface area contributed by atoms with E-state index in [4.69, 9.17) is 28.9 Å². The minimum absolute atomic E-state index is 0.0567. The Labute approximate surface area is 123 Å². The van der Waals surface area contributed by atoms with Gasteiger partial charge in [0.15, 0.2) is 0 Å². The largest absolute Gasteiger partial charge is 0.368 e. The number of aromatic nitrogens is 2. The van der Waals surface area contributed by atoms with Crippen LogP contribution < -0.4 is 5.73 Å². The lowest BCUT2D eigenvalue weighted by molar-refractivity contribution is -0.384. The van der Waals surface area contributed by atoms with Crippen LogP contribution in [0.4, 0.5) is 11.6 Å². The summed E-state index contributed by atoms with van der Waals surface area (Å²) in [5.41, 5.74) is 6.20. The number of benzene rings is 1. The van der Waals surface area contributed by atoms with E-state index in [1.54, 1.807) is 13.1 Å². The number of nitro groups is 1. The van der Waals surface area contributed by atoms with Gasteiger partial charge < -0.3 is 5.73 Å². The van der Waals surface area contributed by atoms with Crippen molar-refractivity contribution in [2.75, 3.05) is 5.73 Å². The van der Waals surface area contributed by atoms with Gasteiger partial charge in [-0.25, -0.2) is 9.66 Å². The minimum Gasteiger partial charge on any atom is -0.368 e. The molecule has 7 nitrogen and oxygen atoms in total. The lowest BCUT2D eigenvalue weighted by Gasteiger charge is -2.01. The normalized spacial score (nSPS) is 11.2. The van der Waals surface area contributed by atoms with E-state index in [1.807, 2.05) is 0 Å². The highest BCUT2D eigenvalue weighted by Crippen LogP contribution is 2.31. The van der Waals surface area contributed by atoms with Gasteiger partial charge in [0.05, 0.1) is 28.6 Å². The van der Waals surface area contributed by atoms with Crippen molar-refractivity contribution in [1.29, 1.82) is 0 Å². The molecule has 9 heteroatoms. The number of rotatable bonds is 3. The summed E-state index contributed by atoms with van der Waals surface area (Å²) in [5, 5.41) is 15.2. The Morgan fingerprint density at radius 2 is 2.20 bits per heavy atom. The van der Waals surface area contributed by atoms with Crippen LogP contribution in [0.1, 0.15) is 11.3 Å². The summed E-state index contributed by atoms with van der Waals surface area (Å²) in [5.74, 6) is 0.175. The fraction of sp³-hybridized carbons (Fsp3) is 0.0909. The third kappa shape index (κ3) is 2.89. The zero-order valence-corrected chi connectivity index (χ0v) is 11.8. The van der Waals surface area contributed by atoms with Crippen LogP contribution in [-0.4, -0.2) is 20.8 Å². The first kappa shape index (κ1) is 14.3. The van der Waals surface area contributed by atoms with Crippen LogP contribution in [0.25, 0.3) is 0 Å². The van der Waals surface area contributed by atoms with Crippen molar-refractivity contribution in [3.8, 4) is 0 Å². The average molecular weight is 314 g/mol. The molecule has 0 aliphatic heterocycles. The zero-order valence-electron chi connectivity index (χ0n) is 10.2. The van der Waals surface area contributed by atoms with Gasteiger partial charge in [-0.15, -0.1) is 0 Å². The molecule has 0 aliphatic rings. The first-order valence-electron chi connectivity index (χ1n) is 5.37. The summed E-state index contributed by atoms with van der Waals surface area (Å²) in [6.45, 7) is 1.75. The molecule has 1 heterocycles. The number of hydrogen-bond donors (Lipinski definition) is 1. The van der Waals surface area contributed by atoms with Gasteiger partial charge in [0.2, 0.25) is 5.95 Å². The maximum atomic E-state index is 11.0. The van der Waals surface area contributed by atoms with Gasteiger partial charge >= 0.3 is 0 Å². The highest BCUT2D eigenvalue weighted by molar-refractivity contribution is 6.36. The molecule has 20 heavy (non-hydrogen) atoms. The summed E-state index contributed by atoms with van der Waals surface area (Å²) in [6, 6.07) is 2.70. The fourth-order valence-electron chi connectivity index (χ4n) is 1.60. The van der Waals surface area contributed by atoms with Crippen LogP contribution in [-0.2, 0) is 0 Å². The van der Waals surface area contributed by atoms with E-state index in [0.29, 0.717) is 5.69 Å². The van der Waals surface area contributed by atoms with Crippen LogP contribution >= 0.6 is 23.2 Å². The second kappa shape index (κ2) is 5.48. The van der Waals surface area contributed by atoms with Gasteiger partial charge in [-0.2, -0.15) is 5.10 Å². The van der Waals surface area contributed by atoms with Gasteiger partial charge in [-0.3, -0.25) is 10.1 Å². The average Bonchev–Trinajstić information content (AvgIpc) is 2.63. The van der Waals surface area contributed by atoms with Gasteiger partial charge in [0.1, 0.15) is 5.02 Å². The molecule has 2 aromatic rings. The molecule has 0 radical (unpaired) electrons. The molecule has 0 aliphatic carbocycles. The van der Waals surface area contributed by atoms with E-state index in [0.717, 1.165) is 0 Å². The van der Waals surface area contributed by atoms with Crippen molar-refractivity contribution in [2.45, 2.75) is 6.92 Å². The number of imidazole rings is 1. The van der Waals surface area contributed by atoms with E-state index >= 15 is 0 Å². The van der Waals surface area contributed by atoms with Crippen molar-refractivity contribution in [2.24, 2.45) is 5.10 Å². The second-order valence-electron chi connectivity index (χ2n) is 3.91. The monoisotopic (exact) mass is 313 g/mol. The van der Waals surface area contributed by atoms with Crippen molar-refractivity contribution in [1.82, 2.24) is 9.66 Å². The van der Waals surface area contributed by atoms with Crippen molar-refractivity contribution in [3.05, 3.63) is 49.7 Å². The minimum atomic E-state index is -0.595. The summed E-state index contributed by atoms with van der Waals surface area (Å²) in [6.07, 6.45) is 2.84. The van der Waals surface area contributed by atoms with Gasteiger partial charge in [-0.1, -0.05) is 23.2 Å². The second-order valence-corrected chi connectivity index (χ2v) is 4.76. The molecule has 1 aromatic heterocycles. The Hall–Kier alpha value is -2.12. The zero-order chi connectivity index (χ0) is 14.9. The number of nitro benzene ring substituents is 1. The predicted octanol–water partition coefficient (Wildman–Crippen LogP) is 2.87. The van der Waals surface area contributed by atoms with E-state index in [2.05, 4.69) is 10.1 Å². The summed E-state index contributed by atoms with van der Waals surface area (Å²) >= 11 is 11.6. The van der Waals surface area contributed by atoms with E-state index in [-0.39, 0.29) is 27.2 Å². The standard InChI is InChI=1S/C11H9Cl2N5O2/c1-6-5-17(11(14)16-6)15-4-7-2-8(12)3-9(13)10(7)18(19)20/h2-5H,1H3,(H2,14,16). The number of nitrogens with zero attached hydrogens (tertiary/aromatic N) is 4. The third-order valence-electron chi connectivity index (χ3n) is 2.40. The SMILES string of the molecule is Cc1cn(N=Cc2cc(Cl)cc(Cl)c2[N+](=O)[O-])c(N)n1. The Balaban J connectivity index is 2.48. The summed E-state index contributed by atoms with van der Waals surface area (Å²) in [4.78, 5) is 14.4. The maximum absolute atomic E-state index is 11.0. The molecule has 2 N–H and O–H groups in total. The molecule has 0 saturated heterocycles. The number of hydrogen-bond acceptors (Lipinski definition) is 5. The van der Waals surface area contributed by atoms with Crippen LogP contribution in [0.5, 0.6) is 0 Å². The highest BCUT2D eigenvalue weighted by Gasteiger charge is 2.18. The molecule has 0 atom stereocenters. The lowest BCUT2D eigenvalue weighted by Crippen LogP contribution is -1.99. The molecular weight excluding hydrogens is 305 g/mol. The van der Waals surface area contributed by atoms with E-state index in [1.165, 1.54) is 23.0 Å². The quantitative estimate of drug-likeness (QED) is 0.535. The molecule has 0 unspecified atom stereocenters. The Bertz CT molecular complexity index is 711. The van der Waals surface area contributed by atoms with Crippen molar-refractivity contribution >= 4 is 41.1 Å². The first-order chi connectivity index (χ1) is 9.38. The Morgan fingerprint density at radius 3 is 2.75 bits per heavy atom. The molecule has 0 amide bonds. The summed E-state index contributed by atoms with van der Waals surface area (Å²) < 4.78 is 1.30. The number of halogens is 2. The predicted molar refractivity (Wildman–Crippen MR) is 77.5 cm³/mol. The Kier molecular flexibility index (Phi) is 3.91. The molecule has 0 bridgehead atoms. The number of anilines is 1. The highest BCUT2D eigenvalue weighted by atomic mass is 35.5. The van der Waals surface area contributed by atoms with Crippen LogP contribution in [0, 0.1) is 17.0 Å². The molecule has 2 rings (SSSR count). The summed E-state index contributed by atoms with van der Waals surface area (Å²) in [7, 11) is 0. The molecule has 0 fully saturated rings. The van der Waals surface area contributed by atoms with Crippen LogP contribution in [0.3, 0.4) is 0 Å². The fourth-order valence-corrected chi connectivity index (χ4v) is 2.18. The molecule has 0 spiro atoms. The molecule has 0 saturated carbocycles. The first-order valence-corrected chi connectivity index (χ1v) is 6.13. The van der Waals surface area contributed by atoms with Gasteiger partial charge in [0.25, 0.3) is 5.69 Å². The maximum Gasteiger partial charge on any atom is 0.296 e. The number of nitrogen functional groups attached to an aromatic ring is 1. The molecule has 1 aromatic carbocycles.